The minimum atomic E-state index is -1.90. The van der Waals surface area contributed by atoms with Gasteiger partial charge in [-0.1, -0.05) is 0 Å². The van der Waals surface area contributed by atoms with Crippen LogP contribution in [0, 0.1) is 6.57 Å². The van der Waals surface area contributed by atoms with Crippen molar-refractivity contribution in [1.82, 2.24) is 5.32 Å². The largest absolute Gasteiger partial charge is 0.416 e. The van der Waals surface area contributed by atoms with E-state index in [2.05, 4.69) is 88.7 Å². The Balaban J connectivity index is 3.37. The molecule has 1 heterocycles. The Morgan fingerprint density at radius 2 is 1.07 bits per heavy atom. The molecule has 6 nitrogen and oxygen atoms in total. The number of piperidine rings is 1. The zero-order valence-electron chi connectivity index (χ0n) is 20.7. The molecule has 0 aromatic heterocycles. The van der Waals surface area contributed by atoms with Crippen molar-refractivity contribution in [2.75, 3.05) is 6.61 Å². The van der Waals surface area contributed by atoms with E-state index in [9.17, 15) is 0 Å². The van der Waals surface area contributed by atoms with Crippen LogP contribution in [-0.2, 0) is 17.7 Å². The van der Waals surface area contributed by atoms with Crippen molar-refractivity contribution in [2.45, 2.75) is 109 Å². The lowest BCUT2D eigenvalue weighted by atomic mass is 9.94. The first-order valence-electron chi connectivity index (χ1n) is 10.6. The van der Waals surface area contributed by atoms with Crippen LogP contribution in [0.25, 0.3) is 4.85 Å². The summed E-state index contributed by atoms with van der Waals surface area (Å²) in [6, 6.07) is -0.0876. The highest BCUT2D eigenvalue weighted by atomic mass is 28.4. The number of nitrogens with one attached hydrogen (secondary N) is 1. The van der Waals surface area contributed by atoms with E-state index in [0.29, 0.717) is 6.61 Å². The zero-order chi connectivity index (χ0) is 22.8. The van der Waals surface area contributed by atoms with Crippen LogP contribution in [0.2, 0.25) is 78.6 Å². The fraction of sp³-hybridized carbons (Fsp3) is 0.947. The molecule has 0 aromatic rings. The van der Waals surface area contributed by atoms with Gasteiger partial charge in [-0.05, 0) is 78.6 Å². The minimum Gasteiger partial charge on any atom is -0.416 e. The molecule has 1 aliphatic heterocycles. The van der Waals surface area contributed by atoms with Crippen molar-refractivity contribution < 1.29 is 17.7 Å². The Hall–Kier alpha value is 0.158. The normalized spacial score (nSPS) is 29.6. The molecule has 170 valence electrons. The SMILES string of the molecule is [C-]#[N+][C@H]1N[C@H](CO[Si](C)(C)C)[C@@H](O[Si](C)(C)C)[C@H](O[Si](C)(C)C)[C@H]1O[Si](C)(C)C. The predicted molar refractivity (Wildman–Crippen MR) is 131 cm³/mol. The summed E-state index contributed by atoms with van der Waals surface area (Å²) in [4.78, 5) is 3.90. The third-order valence-electron chi connectivity index (χ3n) is 4.04. The van der Waals surface area contributed by atoms with Gasteiger partial charge in [-0.25, -0.2) is 11.9 Å². The monoisotopic (exact) mass is 476 g/mol. The van der Waals surface area contributed by atoms with Crippen molar-refractivity contribution in [2.24, 2.45) is 0 Å². The standard InChI is InChI=1S/C19H44N2O4Si4/c1-20-19-18(25-29(11,12)13)17(24-28(8,9)10)16(23-27(5,6)7)15(21-19)14-22-26(2,3)4/h15-19,21H,14H2,2-13H3/t15-,16-,17+,18-,19+/m1/s1. The summed E-state index contributed by atoms with van der Waals surface area (Å²) in [6.07, 6.45) is -1.25. The second-order valence-corrected chi connectivity index (χ2v) is 29.7. The summed E-state index contributed by atoms with van der Waals surface area (Å²) in [7, 11) is -7.37. The highest BCUT2D eigenvalue weighted by molar-refractivity contribution is 6.71. The van der Waals surface area contributed by atoms with Crippen LogP contribution in [-0.4, -0.2) is 70.4 Å². The van der Waals surface area contributed by atoms with Crippen LogP contribution < -0.4 is 5.32 Å². The molecule has 0 aromatic carbocycles. The van der Waals surface area contributed by atoms with Crippen LogP contribution >= 0.6 is 0 Å². The van der Waals surface area contributed by atoms with E-state index in [1.807, 2.05) is 0 Å². The third-order valence-corrected chi connectivity index (χ3v) is 8.01. The summed E-state index contributed by atoms with van der Waals surface area (Å²) in [6.45, 7) is 34.6. The van der Waals surface area contributed by atoms with Gasteiger partial charge in [0.1, 0.15) is 6.10 Å². The van der Waals surface area contributed by atoms with Crippen molar-refractivity contribution >= 4 is 33.3 Å². The maximum Gasteiger partial charge on any atom is 0.305 e. The average Bonchev–Trinajstić information content (AvgIpc) is 2.44. The maximum atomic E-state index is 7.84. The Labute approximate surface area is 183 Å². The Morgan fingerprint density at radius 3 is 1.45 bits per heavy atom. The summed E-state index contributed by atoms with van der Waals surface area (Å²) in [5.41, 5.74) is 0. The third kappa shape index (κ3) is 10.3. The van der Waals surface area contributed by atoms with Gasteiger partial charge in [0.2, 0.25) is 0 Å². The van der Waals surface area contributed by atoms with Gasteiger partial charge >= 0.3 is 6.17 Å². The lowest BCUT2D eigenvalue weighted by molar-refractivity contribution is -0.0891. The highest BCUT2D eigenvalue weighted by Gasteiger charge is 2.53. The molecule has 1 fully saturated rings. The first-order valence-corrected chi connectivity index (χ1v) is 24.2. The molecule has 1 rings (SSSR count). The molecular formula is C19H44N2O4Si4. The topological polar surface area (TPSA) is 53.3 Å². The van der Waals surface area contributed by atoms with Gasteiger partial charge in [0.25, 0.3) is 0 Å². The lowest BCUT2D eigenvalue weighted by Gasteiger charge is -2.48. The average molecular weight is 477 g/mol. The summed E-state index contributed by atoms with van der Waals surface area (Å²) in [5, 5.41) is 3.51. The fourth-order valence-corrected chi connectivity index (χ4v) is 7.20. The zero-order valence-corrected chi connectivity index (χ0v) is 24.7. The Bertz CT molecular complexity index is 573. The predicted octanol–water partition coefficient (Wildman–Crippen LogP) is 4.72. The molecular weight excluding hydrogens is 433 g/mol. The van der Waals surface area contributed by atoms with Crippen LogP contribution in [0.4, 0.5) is 0 Å². The fourth-order valence-electron chi connectivity index (χ4n) is 3.24. The Kier molecular flexibility index (Phi) is 9.14. The van der Waals surface area contributed by atoms with Crippen molar-refractivity contribution in [3.63, 3.8) is 0 Å². The number of hydrogen-bond donors (Lipinski definition) is 1. The van der Waals surface area contributed by atoms with E-state index in [4.69, 9.17) is 24.3 Å². The first-order chi connectivity index (χ1) is 12.8. The van der Waals surface area contributed by atoms with Crippen LogP contribution in [0.5, 0.6) is 0 Å². The maximum absolute atomic E-state index is 7.84. The molecule has 0 bridgehead atoms. The molecule has 29 heavy (non-hydrogen) atoms. The summed E-state index contributed by atoms with van der Waals surface area (Å²) < 4.78 is 26.2. The molecule has 0 unspecified atom stereocenters. The molecule has 10 heteroatoms. The summed E-state index contributed by atoms with van der Waals surface area (Å²) in [5.74, 6) is 0. The van der Waals surface area contributed by atoms with E-state index in [-0.39, 0.29) is 24.4 Å². The van der Waals surface area contributed by atoms with Crippen molar-refractivity contribution in [3.05, 3.63) is 11.4 Å². The second-order valence-electron chi connectivity index (χ2n) is 11.9. The molecule has 0 amide bonds. The van der Waals surface area contributed by atoms with Gasteiger partial charge < -0.3 is 17.7 Å². The van der Waals surface area contributed by atoms with Crippen molar-refractivity contribution in [3.8, 4) is 0 Å². The van der Waals surface area contributed by atoms with Crippen LogP contribution in [0.3, 0.4) is 0 Å². The first kappa shape index (κ1) is 27.2. The van der Waals surface area contributed by atoms with Gasteiger partial charge in [0.05, 0.1) is 18.8 Å². The van der Waals surface area contributed by atoms with E-state index in [1.165, 1.54) is 0 Å². The molecule has 0 aliphatic carbocycles. The van der Waals surface area contributed by atoms with E-state index in [0.717, 1.165) is 0 Å². The smallest absolute Gasteiger partial charge is 0.305 e. The number of nitrogens with zero attached hydrogens (tertiary/aromatic N) is 1. The molecule has 0 saturated carbocycles. The van der Waals surface area contributed by atoms with Gasteiger partial charge in [0.15, 0.2) is 39.4 Å². The van der Waals surface area contributed by atoms with Gasteiger partial charge in [-0.3, -0.25) is 4.85 Å². The molecule has 1 saturated heterocycles. The van der Waals surface area contributed by atoms with Crippen LogP contribution in [0.15, 0.2) is 0 Å². The molecule has 1 N–H and O–H groups in total. The molecule has 0 radical (unpaired) electrons. The van der Waals surface area contributed by atoms with Crippen molar-refractivity contribution in [1.29, 1.82) is 0 Å². The lowest BCUT2D eigenvalue weighted by Crippen LogP contribution is -2.70. The number of rotatable bonds is 9. The molecule has 0 spiro atoms. The summed E-state index contributed by atoms with van der Waals surface area (Å²) >= 11 is 0. The van der Waals surface area contributed by atoms with Gasteiger partial charge in [-0.15, -0.1) is 0 Å². The molecule has 5 atom stereocenters. The van der Waals surface area contributed by atoms with E-state index < -0.39 is 39.4 Å². The van der Waals surface area contributed by atoms with Gasteiger partial charge in [0, 0.05) is 0 Å². The quantitative estimate of drug-likeness (QED) is 0.385. The van der Waals surface area contributed by atoms with Gasteiger partial charge in [-0.2, -0.15) is 0 Å². The molecule has 1 aliphatic rings. The second kappa shape index (κ2) is 9.75. The van der Waals surface area contributed by atoms with E-state index in [1.54, 1.807) is 0 Å². The van der Waals surface area contributed by atoms with Crippen LogP contribution in [0.1, 0.15) is 0 Å². The highest BCUT2D eigenvalue weighted by Crippen LogP contribution is 2.31. The van der Waals surface area contributed by atoms with E-state index >= 15 is 0 Å². The number of hydrogen-bond acceptors (Lipinski definition) is 5. The Morgan fingerprint density at radius 1 is 0.655 bits per heavy atom. The minimum absolute atomic E-state index is 0.0876.